The van der Waals surface area contributed by atoms with Gasteiger partial charge >= 0.3 is 0 Å². The van der Waals surface area contributed by atoms with Gasteiger partial charge in [-0.05, 0) is 54.5 Å². The van der Waals surface area contributed by atoms with E-state index >= 15 is 0 Å². The number of likely N-dealkylation sites (N-methyl/N-ethyl adjacent to an activating group) is 1. The Labute approximate surface area is 173 Å². The average Bonchev–Trinajstić information content (AvgIpc) is 2.78. The molecule has 0 aliphatic carbocycles. The van der Waals surface area contributed by atoms with Gasteiger partial charge in [0.15, 0.2) is 0 Å². The maximum Gasteiger partial charge on any atom is 0.129 e. The molecule has 4 nitrogen and oxygen atoms in total. The van der Waals surface area contributed by atoms with Crippen molar-refractivity contribution in [1.82, 2.24) is 4.90 Å². The highest BCUT2D eigenvalue weighted by Crippen LogP contribution is 2.23. The Morgan fingerprint density at radius 3 is 2.38 bits per heavy atom. The van der Waals surface area contributed by atoms with Crippen molar-refractivity contribution in [2.45, 2.75) is 20.3 Å². The molecule has 3 rings (SSSR count). The molecule has 3 aromatic rings. The zero-order valence-electron chi connectivity index (χ0n) is 17.6. The number of ether oxygens (including phenoxy) is 1. The molecule has 0 aliphatic heterocycles. The van der Waals surface area contributed by atoms with Crippen LogP contribution < -0.4 is 4.74 Å². The summed E-state index contributed by atoms with van der Waals surface area (Å²) in [6, 6.07) is 22.6. The number of nitrogens with zero attached hydrogens (tertiary/aromatic N) is 2. The Kier molecular flexibility index (Phi) is 7.65. The third-order valence-electron chi connectivity index (χ3n) is 5.05. The van der Waals surface area contributed by atoms with E-state index in [2.05, 4.69) is 66.4 Å². The van der Waals surface area contributed by atoms with Crippen molar-refractivity contribution in [1.29, 1.82) is 0 Å². The van der Waals surface area contributed by atoms with Gasteiger partial charge in [0.1, 0.15) is 18.1 Å². The second kappa shape index (κ2) is 10.6. The molecular formula is C25H30N2O2. The van der Waals surface area contributed by atoms with Crippen molar-refractivity contribution < 1.29 is 9.57 Å². The number of oxime groups is 1. The lowest BCUT2D eigenvalue weighted by Gasteiger charge is -2.18. The molecular weight excluding hydrogens is 360 g/mol. The van der Waals surface area contributed by atoms with Crippen LogP contribution in [0.4, 0.5) is 0 Å². The van der Waals surface area contributed by atoms with Gasteiger partial charge in [0.25, 0.3) is 0 Å². The van der Waals surface area contributed by atoms with E-state index in [-0.39, 0.29) is 0 Å². The highest BCUT2D eigenvalue weighted by Gasteiger charge is 2.12. The summed E-state index contributed by atoms with van der Waals surface area (Å²) >= 11 is 0. The predicted molar refractivity (Wildman–Crippen MR) is 121 cm³/mol. The quantitative estimate of drug-likeness (QED) is 0.266. The van der Waals surface area contributed by atoms with Crippen LogP contribution in [-0.2, 0) is 4.84 Å². The topological polar surface area (TPSA) is 34.1 Å². The maximum atomic E-state index is 5.80. The molecule has 0 atom stereocenters. The Balaban J connectivity index is 1.91. The largest absolute Gasteiger partial charge is 0.497 e. The minimum absolute atomic E-state index is 0.568. The summed E-state index contributed by atoms with van der Waals surface area (Å²) in [6.07, 6.45) is 1.14. The van der Waals surface area contributed by atoms with Gasteiger partial charge in [-0.25, -0.2) is 0 Å². The van der Waals surface area contributed by atoms with Crippen molar-refractivity contribution >= 4 is 16.5 Å². The lowest BCUT2D eigenvalue weighted by molar-refractivity contribution is 0.112. The third kappa shape index (κ3) is 5.36. The molecule has 0 unspecified atom stereocenters. The molecule has 0 aliphatic rings. The highest BCUT2D eigenvalue weighted by molar-refractivity contribution is 6.19. The summed E-state index contributed by atoms with van der Waals surface area (Å²) in [6.45, 7) is 7.92. The van der Waals surface area contributed by atoms with Crippen LogP contribution >= 0.6 is 0 Å². The van der Waals surface area contributed by atoms with Gasteiger partial charge in [0.2, 0.25) is 0 Å². The van der Waals surface area contributed by atoms with Gasteiger partial charge in [-0.15, -0.1) is 0 Å². The molecule has 152 valence electrons. The van der Waals surface area contributed by atoms with Crippen LogP contribution in [0.25, 0.3) is 10.8 Å². The molecule has 0 N–H and O–H groups in total. The number of hydrogen-bond donors (Lipinski definition) is 0. The molecule has 0 fully saturated rings. The van der Waals surface area contributed by atoms with Crippen molar-refractivity contribution in [3.63, 3.8) is 0 Å². The minimum atomic E-state index is 0.568. The molecule has 0 aromatic heterocycles. The molecule has 0 saturated heterocycles. The monoisotopic (exact) mass is 390 g/mol. The van der Waals surface area contributed by atoms with E-state index in [9.17, 15) is 0 Å². The number of rotatable bonds is 10. The maximum absolute atomic E-state index is 5.80. The Hall–Kier alpha value is -2.85. The average molecular weight is 391 g/mol. The molecule has 0 radical (unpaired) electrons. The molecule has 0 heterocycles. The highest BCUT2D eigenvalue weighted by atomic mass is 16.6. The first-order valence-electron chi connectivity index (χ1n) is 10.3. The fraction of sp³-hybridized carbons (Fsp3) is 0.320. The summed E-state index contributed by atoms with van der Waals surface area (Å²) in [4.78, 5) is 8.18. The lowest BCUT2D eigenvalue weighted by Crippen LogP contribution is -2.27. The van der Waals surface area contributed by atoms with Crippen molar-refractivity contribution in [2.24, 2.45) is 5.16 Å². The van der Waals surface area contributed by atoms with E-state index in [0.29, 0.717) is 6.61 Å². The summed E-state index contributed by atoms with van der Waals surface area (Å²) in [5, 5.41) is 6.93. The molecule has 0 spiro atoms. The number of hydrogen-bond acceptors (Lipinski definition) is 4. The number of benzene rings is 3. The molecule has 0 saturated carbocycles. The van der Waals surface area contributed by atoms with Crippen LogP contribution in [-0.4, -0.2) is 44.0 Å². The summed E-state index contributed by atoms with van der Waals surface area (Å²) in [5.74, 6) is 0.824. The van der Waals surface area contributed by atoms with Crippen LogP contribution in [0.15, 0.2) is 71.9 Å². The predicted octanol–water partition coefficient (Wildman–Crippen LogP) is 5.35. The second-order valence-corrected chi connectivity index (χ2v) is 6.96. The first kappa shape index (κ1) is 20.9. The van der Waals surface area contributed by atoms with E-state index < -0.39 is 0 Å². The number of methoxy groups -OCH3 is 1. The van der Waals surface area contributed by atoms with Gasteiger partial charge in [0.05, 0.1) is 7.11 Å². The fourth-order valence-electron chi connectivity index (χ4n) is 3.46. The van der Waals surface area contributed by atoms with Crippen LogP contribution in [0.5, 0.6) is 5.75 Å². The van der Waals surface area contributed by atoms with Gasteiger partial charge in [0, 0.05) is 17.7 Å². The van der Waals surface area contributed by atoms with Crippen molar-refractivity contribution in [2.75, 3.05) is 33.4 Å². The molecule has 3 aromatic carbocycles. The van der Waals surface area contributed by atoms with Crippen LogP contribution in [0.2, 0.25) is 0 Å². The number of fused-ring (bicyclic) bond motifs is 1. The van der Waals surface area contributed by atoms with Crippen molar-refractivity contribution in [3.8, 4) is 5.75 Å². The van der Waals surface area contributed by atoms with Gasteiger partial charge < -0.3 is 14.5 Å². The SMILES string of the molecule is CCCN(CC)CCO/N=C(/c1ccc(OC)cc1)c1cccc2ccccc12. The van der Waals surface area contributed by atoms with Gasteiger partial charge in [-0.1, -0.05) is 61.5 Å². The van der Waals surface area contributed by atoms with Gasteiger partial charge in [-0.2, -0.15) is 0 Å². The molecule has 0 amide bonds. The smallest absolute Gasteiger partial charge is 0.129 e. The van der Waals surface area contributed by atoms with E-state index in [4.69, 9.17) is 9.57 Å². The van der Waals surface area contributed by atoms with E-state index in [1.807, 2.05) is 24.3 Å². The molecule has 0 bridgehead atoms. The summed E-state index contributed by atoms with van der Waals surface area (Å²) < 4.78 is 5.31. The minimum Gasteiger partial charge on any atom is -0.497 e. The summed E-state index contributed by atoms with van der Waals surface area (Å²) in [5.41, 5.74) is 2.90. The van der Waals surface area contributed by atoms with Crippen LogP contribution in [0.1, 0.15) is 31.4 Å². The Bertz CT molecular complexity index is 930. The van der Waals surface area contributed by atoms with Crippen molar-refractivity contribution in [3.05, 3.63) is 77.9 Å². The zero-order chi connectivity index (χ0) is 20.5. The molecule has 4 heteroatoms. The van der Waals surface area contributed by atoms with Crippen LogP contribution in [0.3, 0.4) is 0 Å². The fourth-order valence-corrected chi connectivity index (χ4v) is 3.46. The Morgan fingerprint density at radius 2 is 1.66 bits per heavy atom. The normalized spacial score (nSPS) is 11.8. The standard InChI is InChI=1S/C25H30N2O2/c1-4-17-27(5-2)18-19-29-26-25(21-13-15-22(28-3)16-14-21)24-12-8-10-20-9-6-7-11-23(20)24/h6-16H,4-5,17-19H2,1-3H3/b26-25-. The van der Waals surface area contributed by atoms with E-state index in [1.54, 1.807) is 7.11 Å². The van der Waals surface area contributed by atoms with Gasteiger partial charge in [-0.3, -0.25) is 0 Å². The van der Waals surface area contributed by atoms with Crippen LogP contribution in [0, 0.1) is 0 Å². The first-order valence-corrected chi connectivity index (χ1v) is 10.3. The zero-order valence-corrected chi connectivity index (χ0v) is 17.6. The molecule has 29 heavy (non-hydrogen) atoms. The van der Waals surface area contributed by atoms with E-state index in [1.165, 1.54) is 5.39 Å². The second-order valence-electron chi connectivity index (χ2n) is 6.96. The third-order valence-corrected chi connectivity index (χ3v) is 5.05. The lowest BCUT2D eigenvalue weighted by atomic mass is 9.96. The summed E-state index contributed by atoms with van der Waals surface area (Å²) in [7, 11) is 1.67. The first-order chi connectivity index (χ1) is 14.3. The Morgan fingerprint density at radius 1 is 0.897 bits per heavy atom. The van der Waals surface area contributed by atoms with E-state index in [0.717, 1.165) is 54.0 Å².